The minimum atomic E-state index is 0.0288. The van der Waals surface area contributed by atoms with Gasteiger partial charge >= 0.3 is 0 Å². The molecule has 35 heavy (non-hydrogen) atoms. The number of benzene rings is 2. The van der Waals surface area contributed by atoms with Crippen molar-refractivity contribution < 1.29 is 4.79 Å². The normalized spacial score (nSPS) is 16.4. The minimum absolute atomic E-state index is 0.0288. The van der Waals surface area contributed by atoms with Crippen LogP contribution in [0.4, 0.5) is 22.9 Å². The summed E-state index contributed by atoms with van der Waals surface area (Å²) in [6, 6.07) is 21.0. The molecule has 0 atom stereocenters. The second-order valence-electron chi connectivity index (χ2n) is 9.56. The van der Waals surface area contributed by atoms with E-state index >= 15 is 0 Å². The van der Waals surface area contributed by atoms with Crippen molar-refractivity contribution in [3.05, 3.63) is 84.2 Å². The lowest BCUT2D eigenvalue weighted by atomic mass is 10.1. The van der Waals surface area contributed by atoms with Crippen LogP contribution in [0.2, 0.25) is 0 Å². The Bertz CT molecular complexity index is 1370. The average Bonchev–Trinajstić information content (AvgIpc) is 3.51. The van der Waals surface area contributed by atoms with E-state index in [1.165, 1.54) is 5.69 Å². The molecule has 2 aliphatic rings. The van der Waals surface area contributed by atoms with Crippen LogP contribution in [0, 0.1) is 0 Å². The van der Waals surface area contributed by atoms with Crippen molar-refractivity contribution in [1.29, 1.82) is 0 Å². The van der Waals surface area contributed by atoms with Crippen LogP contribution in [0.25, 0.3) is 5.65 Å². The second kappa shape index (κ2) is 8.74. The van der Waals surface area contributed by atoms with Gasteiger partial charge in [0, 0.05) is 61.6 Å². The molecule has 0 bridgehead atoms. The van der Waals surface area contributed by atoms with Gasteiger partial charge in [0.2, 0.25) is 0 Å². The molecule has 2 aliphatic heterocycles. The molecule has 0 unspecified atom stereocenters. The largest absolute Gasteiger partial charge is 0.369 e. The second-order valence-corrected chi connectivity index (χ2v) is 9.56. The molecule has 7 nitrogen and oxygen atoms in total. The van der Waals surface area contributed by atoms with Gasteiger partial charge in [0.05, 0.1) is 12.2 Å². The van der Waals surface area contributed by atoms with Crippen LogP contribution in [0.3, 0.4) is 0 Å². The average molecular weight is 467 g/mol. The summed E-state index contributed by atoms with van der Waals surface area (Å²) in [7, 11) is 0. The van der Waals surface area contributed by atoms with E-state index in [9.17, 15) is 4.79 Å². The number of amides is 1. The zero-order valence-corrected chi connectivity index (χ0v) is 20.2. The summed E-state index contributed by atoms with van der Waals surface area (Å²) in [5.74, 6) is 0.848. The van der Waals surface area contributed by atoms with E-state index in [1.807, 2.05) is 51.9 Å². The third-order valence-corrected chi connectivity index (χ3v) is 7.18. The van der Waals surface area contributed by atoms with Crippen molar-refractivity contribution in [2.24, 2.45) is 0 Å². The molecular weight excluding hydrogens is 436 g/mol. The quantitative estimate of drug-likeness (QED) is 0.459. The highest BCUT2D eigenvalue weighted by Crippen LogP contribution is 2.32. The Morgan fingerprint density at radius 3 is 2.43 bits per heavy atom. The summed E-state index contributed by atoms with van der Waals surface area (Å²) in [6.07, 6.45) is 3.68. The first-order valence-electron chi connectivity index (χ1n) is 12.3. The maximum atomic E-state index is 13.0. The number of nitrogens with one attached hydrogen (secondary N) is 1. The Morgan fingerprint density at radius 2 is 1.69 bits per heavy atom. The molecule has 7 heteroatoms. The van der Waals surface area contributed by atoms with Crippen molar-refractivity contribution >= 4 is 34.4 Å². The highest BCUT2D eigenvalue weighted by atomic mass is 16.2. The summed E-state index contributed by atoms with van der Waals surface area (Å²) in [6.45, 7) is 9.42. The number of imidazole rings is 1. The molecule has 178 valence electrons. The Balaban J connectivity index is 1.20. The molecule has 6 rings (SSSR count). The van der Waals surface area contributed by atoms with Crippen molar-refractivity contribution in [3.63, 3.8) is 0 Å². The van der Waals surface area contributed by atoms with Crippen LogP contribution in [-0.4, -0.2) is 52.4 Å². The highest BCUT2D eigenvalue weighted by Gasteiger charge is 2.29. The van der Waals surface area contributed by atoms with Crippen LogP contribution >= 0.6 is 0 Å². The molecule has 0 spiro atoms. The van der Waals surface area contributed by atoms with E-state index in [-0.39, 0.29) is 5.91 Å². The number of hydrogen-bond acceptors (Lipinski definition) is 5. The van der Waals surface area contributed by atoms with Crippen LogP contribution in [0.15, 0.2) is 73.1 Å². The monoisotopic (exact) mass is 466 g/mol. The summed E-state index contributed by atoms with van der Waals surface area (Å²) in [4.78, 5) is 24.4. The third-order valence-electron chi connectivity index (χ3n) is 7.18. The SMILES string of the molecule is CC(C)N1CCN(c2ccc(Nc3ccc(N4Cc5ccccc5C4=O)n4ccnc34)cc2)CC1. The number of hydrogen-bond donors (Lipinski definition) is 1. The molecule has 0 aliphatic carbocycles. The molecule has 1 N–H and O–H groups in total. The Kier molecular flexibility index (Phi) is 5.41. The van der Waals surface area contributed by atoms with Crippen LogP contribution in [0.1, 0.15) is 29.8 Å². The van der Waals surface area contributed by atoms with Gasteiger partial charge in [-0.1, -0.05) is 18.2 Å². The van der Waals surface area contributed by atoms with Crippen molar-refractivity contribution in [3.8, 4) is 0 Å². The summed E-state index contributed by atoms with van der Waals surface area (Å²) >= 11 is 0. The molecule has 1 fully saturated rings. The van der Waals surface area contributed by atoms with E-state index in [0.717, 1.165) is 60.1 Å². The number of pyridine rings is 1. The van der Waals surface area contributed by atoms with E-state index < -0.39 is 0 Å². The lowest BCUT2D eigenvalue weighted by molar-refractivity contribution is 0.0995. The molecule has 4 heterocycles. The van der Waals surface area contributed by atoms with Crippen LogP contribution < -0.4 is 15.1 Å². The van der Waals surface area contributed by atoms with Crippen molar-refractivity contribution in [2.75, 3.05) is 41.3 Å². The zero-order chi connectivity index (χ0) is 23.9. The fourth-order valence-electron chi connectivity index (χ4n) is 5.16. The first-order valence-corrected chi connectivity index (χ1v) is 12.3. The smallest absolute Gasteiger partial charge is 0.260 e. The van der Waals surface area contributed by atoms with E-state index in [1.54, 1.807) is 6.20 Å². The van der Waals surface area contributed by atoms with Gasteiger partial charge in [-0.05, 0) is 61.9 Å². The number of piperazine rings is 1. The zero-order valence-electron chi connectivity index (χ0n) is 20.2. The van der Waals surface area contributed by atoms with E-state index in [4.69, 9.17) is 0 Å². The lowest BCUT2D eigenvalue weighted by Gasteiger charge is -2.38. The minimum Gasteiger partial charge on any atom is -0.369 e. The number of aromatic nitrogens is 2. The number of carbonyl (C=O) groups is 1. The number of carbonyl (C=O) groups excluding carboxylic acids is 1. The summed E-state index contributed by atoms with van der Waals surface area (Å²) in [5, 5.41) is 3.52. The van der Waals surface area contributed by atoms with Gasteiger partial charge in [0.1, 0.15) is 5.82 Å². The molecular formula is C28H30N6O. The Labute approximate surface area is 205 Å². The highest BCUT2D eigenvalue weighted by molar-refractivity contribution is 6.09. The van der Waals surface area contributed by atoms with Crippen molar-refractivity contribution in [2.45, 2.75) is 26.4 Å². The van der Waals surface area contributed by atoms with Gasteiger partial charge in [0.25, 0.3) is 5.91 Å². The van der Waals surface area contributed by atoms with Crippen LogP contribution in [-0.2, 0) is 6.54 Å². The van der Waals surface area contributed by atoms with Gasteiger partial charge in [-0.25, -0.2) is 4.98 Å². The Hall–Kier alpha value is -3.84. The molecule has 2 aromatic heterocycles. The first kappa shape index (κ1) is 21.7. The standard InChI is InChI=1S/C28H30N6O/c1-20(2)31-15-17-32(18-16-31)23-9-7-22(8-10-23)30-25-11-12-26(33-14-13-29-27(25)33)34-19-21-5-3-4-6-24(21)28(34)35/h3-14,20,30H,15-19H2,1-2H3. The van der Waals surface area contributed by atoms with Gasteiger partial charge in [-0.2, -0.15) is 0 Å². The number of rotatable bonds is 5. The van der Waals surface area contributed by atoms with Gasteiger partial charge in [0.15, 0.2) is 5.65 Å². The fraction of sp³-hybridized carbons (Fsp3) is 0.286. The lowest BCUT2D eigenvalue weighted by Crippen LogP contribution is -2.48. The molecule has 1 amide bonds. The number of anilines is 4. The summed E-state index contributed by atoms with van der Waals surface area (Å²) in [5.41, 5.74) is 5.79. The third kappa shape index (κ3) is 3.91. The maximum Gasteiger partial charge on any atom is 0.260 e. The predicted molar refractivity (Wildman–Crippen MR) is 141 cm³/mol. The van der Waals surface area contributed by atoms with Gasteiger partial charge in [-0.3, -0.25) is 19.0 Å². The first-order chi connectivity index (χ1) is 17.1. The predicted octanol–water partition coefficient (Wildman–Crippen LogP) is 4.77. The molecule has 0 saturated carbocycles. The molecule has 1 saturated heterocycles. The van der Waals surface area contributed by atoms with Gasteiger partial charge < -0.3 is 10.2 Å². The molecule has 2 aromatic carbocycles. The van der Waals surface area contributed by atoms with E-state index in [0.29, 0.717) is 12.6 Å². The number of nitrogens with zero attached hydrogens (tertiary/aromatic N) is 5. The molecule has 0 radical (unpaired) electrons. The van der Waals surface area contributed by atoms with Crippen LogP contribution in [0.5, 0.6) is 0 Å². The molecule has 4 aromatic rings. The number of fused-ring (bicyclic) bond motifs is 2. The summed E-state index contributed by atoms with van der Waals surface area (Å²) < 4.78 is 1.98. The topological polar surface area (TPSA) is 56.1 Å². The fourth-order valence-corrected chi connectivity index (χ4v) is 5.16. The maximum absolute atomic E-state index is 13.0. The van der Waals surface area contributed by atoms with Gasteiger partial charge in [-0.15, -0.1) is 0 Å². The van der Waals surface area contributed by atoms with Crippen molar-refractivity contribution in [1.82, 2.24) is 14.3 Å². The van der Waals surface area contributed by atoms with E-state index in [2.05, 4.69) is 58.2 Å². The Morgan fingerprint density at radius 1 is 0.914 bits per heavy atom.